The number of hydrogen-bond donors (Lipinski definition) is 1. The molecule has 1 aliphatic rings. The first-order valence-corrected chi connectivity index (χ1v) is 6.91. The van der Waals surface area contributed by atoms with Gasteiger partial charge < -0.3 is 10.6 Å². The van der Waals surface area contributed by atoms with Gasteiger partial charge in [-0.2, -0.15) is 0 Å². The van der Waals surface area contributed by atoms with E-state index in [1.807, 2.05) is 4.90 Å². The lowest BCUT2D eigenvalue weighted by molar-refractivity contribution is 0.0751. The highest BCUT2D eigenvalue weighted by Crippen LogP contribution is 2.30. The second kappa shape index (κ2) is 5.69. The Hall–Kier alpha value is -1.43. The van der Waals surface area contributed by atoms with Crippen molar-refractivity contribution < 1.29 is 4.79 Å². The van der Waals surface area contributed by atoms with Crippen molar-refractivity contribution in [2.75, 3.05) is 19.6 Å². The van der Waals surface area contributed by atoms with Crippen LogP contribution in [0.4, 0.5) is 0 Å². The quantitative estimate of drug-likeness (QED) is 0.880. The average molecular weight is 265 g/mol. The van der Waals surface area contributed by atoms with E-state index >= 15 is 0 Å². The van der Waals surface area contributed by atoms with Crippen LogP contribution in [0.2, 0.25) is 0 Å². The zero-order valence-electron chi connectivity index (χ0n) is 11.8. The summed E-state index contributed by atoms with van der Waals surface area (Å²) in [6.07, 6.45) is 4.94. The largest absolute Gasteiger partial charge is 0.337 e. The number of hydrogen-bond acceptors (Lipinski definition) is 4. The van der Waals surface area contributed by atoms with Crippen molar-refractivity contribution in [2.45, 2.75) is 39.7 Å². The maximum absolute atomic E-state index is 12.4. The second-order valence-corrected chi connectivity index (χ2v) is 5.97. The fourth-order valence-electron chi connectivity index (χ4n) is 2.43. The molecule has 0 bridgehead atoms. The van der Waals surface area contributed by atoms with Crippen LogP contribution in [0.3, 0.4) is 0 Å². The molecule has 1 saturated heterocycles. The molecule has 6 nitrogen and oxygen atoms in total. The van der Waals surface area contributed by atoms with Gasteiger partial charge in [0.15, 0.2) is 5.69 Å². The number of aromatic nitrogens is 3. The Morgan fingerprint density at radius 1 is 1.42 bits per heavy atom. The molecule has 1 fully saturated rings. The third-order valence-electron chi connectivity index (χ3n) is 3.74. The Kier molecular flexibility index (Phi) is 4.19. The molecular weight excluding hydrogens is 242 g/mol. The molecular formula is C13H23N5O. The number of rotatable bonds is 3. The van der Waals surface area contributed by atoms with Crippen LogP contribution in [0.5, 0.6) is 0 Å². The molecule has 106 valence electrons. The van der Waals surface area contributed by atoms with E-state index in [-0.39, 0.29) is 5.91 Å². The summed E-state index contributed by atoms with van der Waals surface area (Å²) in [5, 5.41) is 7.86. The van der Waals surface area contributed by atoms with Crippen molar-refractivity contribution in [1.29, 1.82) is 0 Å². The third-order valence-corrected chi connectivity index (χ3v) is 3.74. The fraction of sp³-hybridized carbons (Fsp3) is 0.769. The monoisotopic (exact) mass is 265 g/mol. The highest BCUT2D eigenvalue weighted by molar-refractivity contribution is 5.91. The molecule has 19 heavy (non-hydrogen) atoms. The molecule has 0 saturated carbocycles. The minimum atomic E-state index is -0.0130. The predicted molar refractivity (Wildman–Crippen MR) is 72.6 cm³/mol. The minimum absolute atomic E-state index is 0.0130. The molecule has 0 aliphatic carbocycles. The van der Waals surface area contributed by atoms with E-state index in [0.717, 1.165) is 32.4 Å². The molecule has 1 amide bonds. The molecule has 1 aromatic rings. The number of carbonyl (C=O) groups is 1. The number of amides is 1. The lowest BCUT2D eigenvalue weighted by atomic mass is 9.85. The van der Waals surface area contributed by atoms with Gasteiger partial charge in [-0.1, -0.05) is 19.1 Å². The van der Waals surface area contributed by atoms with Crippen molar-refractivity contribution in [3.05, 3.63) is 11.9 Å². The van der Waals surface area contributed by atoms with Gasteiger partial charge >= 0.3 is 0 Å². The first-order valence-electron chi connectivity index (χ1n) is 6.91. The molecule has 2 heterocycles. The van der Waals surface area contributed by atoms with E-state index < -0.39 is 0 Å². The zero-order chi connectivity index (χ0) is 13.9. The highest BCUT2D eigenvalue weighted by Gasteiger charge is 2.26. The van der Waals surface area contributed by atoms with E-state index in [1.165, 1.54) is 0 Å². The predicted octanol–water partition coefficient (Wildman–Crippen LogP) is 0.889. The second-order valence-electron chi connectivity index (χ2n) is 5.97. The van der Waals surface area contributed by atoms with E-state index in [4.69, 9.17) is 5.73 Å². The normalized spacial score (nSPS) is 19.2. The van der Waals surface area contributed by atoms with Gasteiger partial charge in [-0.25, -0.2) is 0 Å². The lowest BCUT2D eigenvalue weighted by Crippen LogP contribution is -2.32. The summed E-state index contributed by atoms with van der Waals surface area (Å²) < 4.78 is 1.62. The molecule has 1 aliphatic heterocycles. The summed E-state index contributed by atoms with van der Waals surface area (Å²) >= 11 is 0. The minimum Gasteiger partial charge on any atom is -0.337 e. The van der Waals surface area contributed by atoms with Crippen LogP contribution in [0.15, 0.2) is 6.20 Å². The molecule has 0 radical (unpaired) electrons. The Morgan fingerprint density at radius 3 is 2.95 bits per heavy atom. The fourth-order valence-corrected chi connectivity index (χ4v) is 2.43. The van der Waals surface area contributed by atoms with Gasteiger partial charge in [-0.15, -0.1) is 5.10 Å². The van der Waals surface area contributed by atoms with Gasteiger partial charge in [-0.05, 0) is 24.7 Å². The van der Waals surface area contributed by atoms with E-state index in [1.54, 1.807) is 10.9 Å². The Balaban J connectivity index is 2.02. The van der Waals surface area contributed by atoms with Gasteiger partial charge in [0.25, 0.3) is 5.91 Å². The van der Waals surface area contributed by atoms with Crippen LogP contribution < -0.4 is 5.73 Å². The van der Waals surface area contributed by atoms with E-state index in [9.17, 15) is 4.79 Å². The number of nitrogens with two attached hydrogens (primary N) is 1. The SMILES string of the molecule is CC1(C)CCCN(C(=O)c2cn(CCN)nn2)CC1. The summed E-state index contributed by atoms with van der Waals surface area (Å²) in [6.45, 7) is 7.22. The van der Waals surface area contributed by atoms with Crippen LogP contribution in [-0.2, 0) is 6.54 Å². The summed E-state index contributed by atoms with van der Waals surface area (Å²) in [5.41, 5.74) is 6.21. The van der Waals surface area contributed by atoms with Crippen LogP contribution in [-0.4, -0.2) is 45.4 Å². The number of carbonyl (C=O) groups excluding carboxylic acids is 1. The first-order chi connectivity index (χ1) is 9.02. The number of nitrogens with zero attached hydrogens (tertiary/aromatic N) is 4. The van der Waals surface area contributed by atoms with Gasteiger partial charge in [0.2, 0.25) is 0 Å². The van der Waals surface area contributed by atoms with E-state index in [0.29, 0.717) is 24.2 Å². The molecule has 0 unspecified atom stereocenters. The molecule has 2 rings (SSSR count). The van der Waals surface area contributed by atoms with Crippen LogP contribution >= 0.6 is 0 Å². The Labute approximate surface area is 113 Å². The maximum atomic E-state index is 12.4. The Bertz CT molecular complexity index is 440. The average Bonchev–Trinajstić information content (AvgIpc) is 2.74. The topological polar surface area (TPSA) is 77.0 Å². The molecule has 6 heteroatoms. The van der Waals surface area contributed by atoms with Crippen LogP contribution in [0, 0.1) is 5.41 Å². The molecule has 2 N–H and O–H groups in total. The first kappa shape index (κ1) is 14.0. The highest BCUT2D eigenvalue weighted by atomic mass is 16.2. The smallest absolute Gasteiger partial charge is 0.276 e. The Morgan fingerprint density at radius 2 is 2.21 bits per heavy atom. The van der Waals surface area contributed by atoms with Crippen molar-refractivity contribution in [3.8, 4) is 0 Å². The lowest BCUT2D eigenvalue weighted by Gasteiger charge is -2.22. The van der Waals surface area contributed by atoms with Gasteiger partial charge in [0, 0.05) is 19.6 Å². The van der Waals surface area contributed by atoms with E-state index in [2.05, 4.69) is 24.2 Å². The van der Waals surface area contributed by atoms with Crippen molar-refractivity contribution in [1.82, 2.24) is 19.9 Å². The van der Waals surface area contributed by atoms with Crippen molar-refractivity contribution in [2.24, 2.45) is 11.1 Å². The van der Waals surface area contributed by atoms with Crippen molar-refractivity contribution in [3.63, 3.8) is 0 Å². The van der Waals surface area contributed by atoms with Crippen LogP contribution in [0.25, 0.3) is 0 Å². The third kappa shape index (κ3) is 3.53. The zero-order valence-corrected chi connectivity index (χ0v) is 11.8. The summed E-state index contributed by atoms with van der Waals surface area (Å²) in [7, 11) is 0. The van der Waals surface area contributed by atoms with Gasteiger partial charge in [-0.3, -0.25) is 9.48 Å². The summed E-state index contributed by atoms with van der Waals surface area (Å²) in [4.78, 5) is 14.3. The molecule has 0 atom stereocenters. The van der Waals surface area contributed by atoms with Gasteiger partial charge in [0.1, 0.15) is 0 Å². The number of likely N-dealkylation sites (tertiary alicyclic amines) is 1. The standard InChI is InChI=1S/C13H23N5O/c1-13(2)4-3-7-17(8-5-13)12(19)11-10-18(9-6-14)16-15-11/h10H,3-9,14H2,1-2H3. The summed E-state index contributed by atoms with van der Waals surface area (Å²) in [5.74, 6) is -0.0130. The molecule has 0 spiro atoms. The van der Waals surface area contributed by atoms with Gasteiger partial charge in [0.05, 0.1) is 12.7 Å². The summed E-state index contributed by atoms with van der Waals surface area (Å²) in [6, 6.07) is 0. The molecule has 1 aromatic heterocycles. The maximum Gasteiger partial charge on any atom is 0.276 e. The van der Waals surface area contributed by atoms with Crippen LogP contribution in [0.1, 0.15) is 43.6 Å². The van der Waals surface area contributed by atoms with Crippen molar-refractivity contribution >= 4 is 5.91 Å². The molecule has 0 aromatic carbocycles.